The lowest BCUT2D eigenvalue weighted by atomic mass is 10.0. The molecule has 0 saturated heterocycles. The van der Waals surface area contributed by atoms with Crippen molar-refractivity contribution in [2.24, 2.45) is 0 Å². The number of hydrogen-bond donors (Lipinski definition) is 0. The summed E-state index contributed by atoms with van der Waals surface area (Å²) < 4.78 is 5.96. The van der Waals surface area contributed by atoms with Gasteiger partial charge in [0.1, 0.15) is 11.2 Å². The van der Waals surface area contributed by atoms with E-state index in [0.29, 0.717) is 0 Å². The molecular weight excluding hydrogens is 232 g/mol. The summed E-state index contributed by atoms with van der Waals surface area (Å²) in [5, 5.41) is 4.91. The maximum absolute atomic E-state index is 5.96. The van der Waals surface area contributed by atoms with Crippen molar-refractivity contribution in [2.75, 3.05) is 0 Å². The molecule has 0 aliphatic rings. The summed E-state index contributed by atoms with van der Waals surface area (Å²) in [6.07, 6.45) is 0. The SMILES string of the molecule is Cc1ccc2cc3c(cc2c1)oc1ccc(C)cc13. The van der Waals surface area contributed by atoms with Crippen molar-refractivity contribution >= 4 is 32.7 Å². The van der Waals surface area contributed by atoms with E-state index in [4.69, 9.17) is 4.42 Å². The highest BCUT2D eigenvalue weighted by Crippen LogP contribution is 2.32. The number of fused-ring (bicyclic) bond motifs is 4. The van der Waals surface area contributed by atoms with Gasteiger partial charge in [-0.25, -0.2) is 0 Å². The first-order chi connectivity index (χ1) is 9.20. The van der Waals surface area contributed by atoms with E-state index in [-0.39, 0.29) is 0 Å². The van der Waals surface area contributed by atoms with E-state index < -0.39 is 0 Å². The highest BCUT2D eigenvalue weighted by molar-refractivity contribution is 6.10. The van der Waals surface area contributed by atoms with Crippen LogP contribution in [-0.2, 0) is 0 Å². The fraction of sp³-hybridized carbons (Fsp3) is 0.111. The molecule has 1 aromatic heterocycles. The maximum Gasteiger partial charge on any atom is 0.136 e. The summed E-state index contributed by atoms with van der Waals surface area (Å²) >= 11 is 0. The van der Waals surface area contributed by atoms with Crippen molar-refractivity contribution in [3.05, 3.63) is 59.7 Å². The second-order valence-corrected chi connectivity index (χ2v) is 5.30. The zero-order valence-electron chi connectivity index (χ0n) is 11.0. The van der Waals surface area contributed by atoms with E-state index in [0.717, 1.165) is 11.2 Å². The first-order valence-electron chi connectivity index (χ1n) is 6.54. The van der Waals surface area contributed by atoms with Gasteiger partial charge in [0.05, 0.1) is 0 Å². The average molecular weight is 246 g/mol. The molecule has 92 valence electrons. The third-order valence-corrected chi connectivity index (χ3v) is 3.74. The second-order valence-electron chi connectivity index (χ2n) is 5.30. The molecule has 4 aromatic rings. The van der Waals surface area contributed by atoms with Crippen LogP contribution in [0.25, 0.3) is 32.7 Å². The fourth-order valence-corrected chi connectivity index (χ4v) is 2.75. The van der Waals surface area contributed by atoms with Crippen LogP contribution < -0.4 is 0 Å². The van der Waals surface area contributed by atoms with Crippen molar-refractivity contribution < 1.29 is 4.42 Å². The van der Waals surface area contributed by atoms with Gasteiger partial charge < -0.3 is 4.42 Å². The highest BCUT2D eigenvalue weighted by atomic mass is 16.3. The number of aryl methyl sites for hydroxylation is 2. The van der Waals surface area contributed by atoms with Gasteiger partial charge in [0.2, 0.25) is 0 Å². The van der Waals surface area contributed by atoms with Gasteiger partial charge in [0, 0.05) is 10.8 Å². The monoisotopic (exact) mass is 246 g/mol. The second kappa shape index (κ2) is 3.61. The predicted octanol–water partition coefficient (Wildman–Crippen LogP) is 5.36. The quantitative estimate of drug-likeness (QED) is 0.407. The van der Waals surface area contributed by atoms with Crippen LogP contribution in [0.4, 0.5) is 0 Å². The van der Waals surface area contributed by atoms with Gasteiger partial charge in [-0.15, -0.1) is 0 Å². The van der Waals surface area contributed by atoms with Crippen molar-refractivity contribution in [3.8, 4) is 0 Å². The minimum atomic E-state index is 0.965. The Hall–Kier alpha value is -2.28. The molecule has 0 unspecified atom stereocenters. The van der Waals surface area contributed by atoms with E-state index in [9.17, 15) is 0 Å². The Morgan fingerprint density at radius 2 is 1.37 bits per heavy atom. The Labute approximate surface area is 111 Å². The zero-order valence-corrected chi connectivity index (χ0v) is 11.0. The van der Waals surface area contributed by atoms with Crippen molar-refractivity contribution in [3.63, 3.8) is 0 Å². The van der Waals surface area contributed by atoms with Gasteiger partial charge in [-0.05, 0) is 48.9 Å². The van der Waals surface area contributed by atoms with Gasteiger partial charge in [-0.2, -0.15) is 0 Å². The molecule has 0 fully saturated rings. The van der Waals surface area contributed by atoms with Crippen molar-refractivity contribution in [1.82, 2.24) is 0 Å². The molecule has 4 rings (SSSR count). The third kappa shape index (κ3) is 1.55. The lowest BCUT2D eigenvalue weighted by Crippen LogP contribution is -1.76. The largest absolute Gasteiger partial charge is 0.456 e. The Bertz CT molecular complexity index is 929. The van der Waals surface area contributed by atoms with Crippen LogP contribution >= 0.6 is 0 Å². The first kappa shape index (κ1) is 10.6. The fourth-order valence-electron chi connectivity index (χ4n) is 2.75. The maximum atomic E-state index is 5.96. The number of rotatable bonds is 0. The summed E-state index contributed by atoms with van der Waals surface area (Å²) in [4.78, 5) is 0. The van der Waals surface area contributed by atoms with Gasteiger partial charge in [-0.1, -0.05) is 35.4 Å². The topological polar surface area (TPSA) is 13.1 Å². The van der Waals surface area contributed by atoms with Crippen LogP contribution in [0.5, 0.6) is 0 Å². The molecule has 0 aliphatic heterocycles. The number of furan rings is 1. The smallest absolute Gasteiger partial charge is 0.136 e. The summed E-state index contributed by atoms with van der Waals surface area (Å²) in [7, 11) is 0. The summed E-state index contributed by atoms with van der Waals surface area (Å²) in [6, 6.07) is 17.3. The summed E-state index contributed by atoms with van der Waals surface area (Å²) in [6.45, 7) is 4.23. The van der Waals surface area contributed by atoms with Crippen LogP contribution in [0.15, 0.2) is 52.9 Å². The van der Waals surface area contributed by atoms with Crippen LogP contribution in [-0.4, -0.2) is 0 Å². The molecule has 0 spiro atoms. The lowest BCUT2D eigenvalue weighted by molar-refractivity contribution is 0.669. The highest BCUT2D eigenvalue weighted by Gasteiger charge is 2.08. The lowest BCUT2D eigenvalue weighted by Gasteiger charge is -1.99. The molecule has 0 bridgehead atoms. The number of benzene rings is 3. The average Bonchev–Trinajstić information content (AvgIpc) is 2.73. The van der Waals surface area contributed by atoms with Gasteiger partial charge >= 0.3 is 0 Å². The molecule has 0 N–H and O–H groups in total. The van der Waals surface area contributed by atoms with Crippen LogP contribution in [0.1, 0.15) is 11.1 Å². The Balaban J connectivity index is 2.20. The molecule has 19 heavy (non-hydrogen) atoms. The van der Waals surface area contributed by atoms with Gasteiger partial charge in [0.25, 0.3) is 0 Å². The van der Waals surface area contributed by atoms with Crippen LogP contribution in [0, 0.1) is 13.8 Å². The molecular formula is C18H14O. The van der Waals surface area contributed by atoms with Crippen LogP contribution in [0.2, 0.25) is 0 Å². The van der Waals surface area contributed by atoms with Crippen molar-refractivity contribution in [2.45, 2.75) is 13.8 Å². The van der Waals surface area contributed by atoms with Crippen LogP contribution in [0.3, 0.4) is 0 Å². The number of hydrogen-bond acceptors (Lipinski definition) is 1. The van der Waals surface area contributed by atoms with Gasteiger partial charge in [0.15, 0.2) is 0 Å². The minimum absolute atomic E-state index is 0.965. The molecule has 0 radical (unpaired) electrons. The summed E-state index contributed by atoms with van der Waals surface area (Å²) in [5.41, 5.74) is 4.48. The van der Waals surface area contributed by atoms with Crippen molar-refractivity contribution in [1.29, 1.82) is 0 Å². The molecule has 3 aromatic carbocycles. The Kier molecular flexibility index (Phi) is 2.02. The van der Waals surface area contributed by atoms with E-state index >= 15 is 0 Å². The molecule has 1 heteroatoms. The summed E-state index contributed by atoms with van der Waals surface area (Å²) in [5.74, 6) is 0. The van der Waals surface area contributed by atoms with Gasteiger partial charge in [-0.3, -0.25) is 0 Å². The van der Waals surface area contributed by atoms with E-state index in [1.54, 1.807) is 0 Å². The molecule has 0 aliphatic carbocycles. The predicted molar refractivity (Wildman–Crippen MR) is 80.7 cm³/mol. The molecule has 1 nitrogen and oxygen atoms in total. The first-order valence-corrected chi connectivity index (χ1v) is 6.54. The normalized spacial score (nSPS) is 11.7. The molecule has 0 saturated carbocycles. The Morgan fingerprint density at radius 1 is 0.632 bits per heavy atom. The van der Waals surface area contributed by atoms with E-state index in [1.165, 1.54) is 32.7 Å². The standard InChI is InChI=1S/C18H14O/c1-11-3-5-13-9-16-15-8-12(2)4-6-17(15)19-18(16)10-14(13)7-11/h3-10H,1-2H3. The molecule has 0 atom stereocenters. The van der Waals surface area contributed by atoms with E-state index in [2.05, 4.69) is 62.4 Å². The zero-order chi connectivity index (χ0) is 13.0. The molecule has 1 heterocycles. The Morgan fingerprint density at radius 3 is 2.26 bits per heavy atom. The third-order valence-electron chi connectivity index (χ3n) is 3.74. The van der Waals surface area contributed by atoms with E-state index in [1.807, 2.05) is 0 Å². The molecule has 0 amide bonds. The minimum Gasteiger partial charge on any atom is -0.456 e.